The molecule has 16 heavy (non-hydrogen) atoms. The third-order valence-corrected chi connectivity index (χ3v) is 2.29. The SMILES string of the molecule is CC(=O)N[C@H](CCc1ccccc1)C(N)=O. The number of hydrogen-bond donors (Lipinski definition) is 2. The molecule has 2 amide bonds. The molecule has 0 aromatic heterocycles. The first kappa shape index (κ1) is 12.2. The second kappa shape index (κ2) is 5.90. The topological polar surface area (TPSA) is 72.2 Å². The van der Waals surface area contributed by atoms with Gasteiger partial charge < -0.3 is 11.1 Å². The zero-order chi connectivity index (χ0) is 12.0. The minimum atomic E-state index is -0.585. The molecule has 4 nitrogen and oxygen atoms in total. The predicted octanol–water partition coefficient (Wildman–Crippen LogP) is 0.609. The second-order valence-corrected chi connectivity index (χ2v) is 3.68. The van der Waals surface area contributed by atoms with Crippen molar-refractivity contribution in [2.75, 3.05) is 0 Å². The molecule has 0 spiro atoms. The summed E-state index contributed by atoms with van der Waals surface area (Å²) in [5, 5.41) is 2.54. The first-order chi connectivity index (χ1) is 7.59. The number of primary amides is 1. The lowest BCUT2D eigenvalue weighted by molar-refractivity contribution is -0.126. The Bertz CT molecular complexity index is 363. The fourth-order valence-electron chi connectivity index (χ4n) is 1.49. The molecule has 0 saturated carbocycles. The summed E-state index contributed by atoms with van der Waals surface area (Å²) >= 11 is 0. The van der Waals surface area contributed by atoms with E-state index < -0.39 is 11.9 Å². The summed E-state index contributed by atoms with van der Waals surface area (Å²) in [7, 11) is 0. The molecular formula is C12H16N2O2. The maximum Gasteiger partial charge on any atom is 0.240 e. The molecule has 0 radical (unpaired) electrons. The van der Waals surface area contributed by atoms with Crippen molar-refractivity contribution in [1.29, 1.82) is 0 Å². The molecule has 3 N–H and O–H groups in total. The van der Waals surface area contributed by atoms with Gasteiger partial charge in [-0.05, 0) is 18.4 Å². The van der Waals surface area contributed by atoms with Gasteiger partial charge in [0, 0.05) is 6.92 Å². The molecule has 4 heteroatoms. The second-order valence-electron chi connectivity index (χ2n) is 3.68. The summed E-state index contributed by atoms with van der Waals surface area (Å²) < 4.78 is 0. The van der Waals surface area contributed by atoms with Crippen molar-refractivity contribution in [1.82, 2.24) is 5.32 Å². The quantitative estimate of drug-likeness (QED) is 0.763. The van der Waals surface area contributed by atoms with Crippen LogP contribution >= 0.6 is 0 Å². The van der Waals surface area contributed by atoms with Gasteiger partial charge in [-0.3, -0.25) is 9.59 Å². The van der Waals surface area contributed by atoms with E-state index in [1.54, 1.807) is 0 Å². The van der Waals surface area contributed by atoms with Gasteiger partial charge >= 0.3 is 0 Å². The van der Waals surface area contributed by atoms with E-state index in [1.165, 1.54) is 6.92 Å². The largest absolute Gasteiger partial charge is 0.368 e. The zero-order valence-corrected chi connectivity index (χ0v) is 9.27. The number of rotatable bonds is 5. The van der Waals surface area contributed by atoms with Crippen LogP contribution in [0.3, 0.4) is 0 Å². The molecule has 0 aliphatic heterocycles. The van der Waals surface area contributed by atoms with E-state index in [4.69, 9.17) is 5.73 Å². The molecular weight excluding hydrogens is 204 g/mol. The smallest absolute Gasteiger partial charge is 0.240 e. The van der Waals surface area contributed by atoms with Crippen LogP contribution in [0.25, 0.3) is 0 Å². The highest BCUT2D eigenvalue weighted by atomic mass is 16.2. The number of nitrogens with one attached hydrogen (secondary N) is 1. The summed E-state index contributed by atoms with van der Waals surface area (Å²) in [5.74, 6) is -0.733. The van der Waals surface area contributed by atoms with Gasteiger partial charge in [-0.15, -0.1) is 0 Å². The number of amides is 2. The van der Waals surface area contributed by atoms with Gasteiger partial charge in [-0.1, -0.05) is 30.3 Å². The molecule has 1 atom stereocenters. The van der Waals surface area contributed by atoms with Crippen molar-refractivity contribution in [2.45, 2.75) is 25.8 Å². The van der Waals surface area contributed by atoms with Gasteiger partial charge in [0.2, 0.25) is 11.8 Å². The Kier molecular flexibility index (Phi) is 4.51. The summed E-state index contributed by atoms with van der Waals surface area (Å²) in [6, 6.07) is 9.18. The van der Waals surface area contributed by atoms with Crippen LogP contribution in [0, 0.1) is 0 Å². The fourth-order valence-corrected chi connectivity index (χ4v) is 1.49. The summed E-state index contributed by atoms with van der Waals surface area (Å²) in [6.07, 6.45) is 1.24. The lowest BCUT2D eigenvalue weighted by Gasteiger charge is -2.13. The minimum Gasteiger partial charge on any atom is -0.368 e. The fraction of sp³-hybridized carbons (Fsp3) is 0.333. The first-order valence-electron chi connectivity index (χ1n) is 5.20. The van der Waals surface area contributed by atoms with E-state index >= 15 is 0 Å². The van der Waals surface area contributed by atoms with Crippen LogP contribution in [0.15, 0.2) is 30.3 Å². The van der Waals surface area contributed by atoms with E-state index in [2.05, 4.69) is 5.32 Å². The maximum atomic E-state index is 11.1. The number of carbonyl (C=O) groups is 2. The zero-order valence-electron chi connectivity index (χ0n) is 9.27. The van der Waals surface area contributed by atoms with Gasteiger partial charge in [-0.25, -0.2) is 0 Å². The Morgan fingerprint density at radius 1 is 1.31 bits per heavy atom. The molecule has 1 rings (SSSR count). The van der Waals surface area contributed by atoms with Crippen molar-refractivity contribution in [3.63, 3.8) is 0 Å². The molecule has 0 unspecified atom stereocenters. The lowest BCUT2D eigenvalue weighted by atomic mass is 10.0. The van der Waals surface area contributed by atoms with Crippen LogP contribution in [-0.2, 0) is 16.0 Å². The molecule has 0 aliphatic carbocycles. The van der Waals surface area contributed by atoms with Crippen LogP contribution < -0.4 is 11.1 Å². The van der Waals surface area contributed by atoms with Gasteiger partial charge in [0.05, 0.1) is 0 Å². The van der Waals surface area contributed by atoms with Crippen molar-refractivity contribution in [3.8, 4) is 0 Å². The summed E-state index contributed by atoms with van der Waals surface area (Å²) in [6.45, 7) is 1.37. The highest BCUT2D eigenvalue weighted by Gasteiger charge is 2.15. The number of aryl methyl sites for hydroxylation is 1. The molecule has 0 bridgehead atoms. The van der Waals surface area contributed by atoms with Crippen LogP contribution in [0.1, 0.15) is 18.9 Å². The van der Waals surface area contributed by atoms with Crippen molar-refractivity contribution >= 4 is 11.8 Å². The number of hydrogen-bond acceptors (Lipinski definition) is 2. The number of nitrogens with two attached hydrogens (primary N) is 1. The molecule has 0 aliphatic rings. The maximum absolute atomic E-state index is 11.1. The lowest BCUT2D eigenvalue weighted by Crippen LogP contribution is -2.43. The van der Waals surface area contributed by atoms with E-state index in [-0.39, 0.29) is 5.91 Å². The molecule has 0 fully saturated rings. The van der Waals surface area contributed by atoms with Crippen LogP contribution in [-0.4, -0.2) is 17.9 Å². The molecule has 1 aromatic rings. The predicted molar refractivity (Wildman–Crippen MR) is 61.6 cm³/mol. The van der Waals surface area contributed by atoms with E-state index in [0.29, 0.717) is 12.8 Å². The van der Waals surface area contributed by atoms with Crippen LogP contribution in [0.5, 0.6) is 0 Å². The van der Waals surface area contributed by atoms with Crippen molar-refractivity contribution in [2.24, 2.45) is 5.73 Å². The number of benzene rings is 1. The average molecular weight is 220 g/mol. The molecule has 86 valence electrons. The normalized spacial score (nSPS) is 11.8. The van der Waals surface area contributed by atoms with Crippen molar-refractivity contribution in [3.05, 3.63) is 35.9 Å². The molecule has 0 heterocycles. The minimum absolute atomic E-state index is 0.239. The molecule has 0 saturated heterocycles. The summed E-state index contributed by atoms with van der Waals surface area (Å²) in [4.78, 5) is 21.9. The third kappa shape index (κ3) is 4.13. The Balaban J connectivity index is 2.50. The van der Waals surface area contributed by atoms with Crippen LogP contribution in [0.2, 0.25) is 0 Å². The number of carbonyl (C=O) groups excluding carboxylic acids is 2. The Labute approximate surface area is 94.8 Å². The third-order valence-electron chi connectivity index (χ3n) is 2.29. The Morgan fingerprint density at radius 3 is 2.44 bits per heavy atom. The van der Waals surface area contributed by atoms with E-state index in [9.17, 15) is 9.59 Å². The van der Waals surface area contributed by atoms with Crippen LogP contribution in [0.4, 0.5) is 0 Å². The van der Waals surface area contributed by atoms with Gasteiger partial charge in [0.25, 0.3) is 0 Å². The molecule has 1 aromatic carbocycles. The Morgan fingerprint density at radius 2 is 1.94 bits per heavy atom. The Hall–Kier alpha value is -1.84. The van der Waals surface area contributed by atoms with E-state index in [1.807, 2.05) is 30.3 Å². The summed E-state index contributed by atoms with van der Waals surface area (Å²) in [5.41, 5.74) is 6.32. The highest BCUT2D eigenvalue weighted by Crippen LogP contribution is 2.04. The van der Waals surface area contributed by atoms with Gasteiger partial charge in [0.15, 0.2) is 0 Å². The highest BCUT2D eigenvalue weighted by molar-refractivity contribution is 5.85. The standard InChI is InChI=1S/C12H16N2O2/c1-9(15)14-11(12(13)16)8-7-10-5-3-2-4-6-10/h2-6,11H,7-8H2,1H3,(H2,13,16)(H,14,15)/t11-/m1/s1. The van der Waals surface area contributed by atoms with Crippen molar-refractivity contribution < 1.29 is 9.59 Å². The average Bonchev–Trinajstić information content (AvgIpc) is 2.25. The monoisotopic (exact) mass is 220 g/mol. The van der Waals surface area contributed by atoms with E-state index in [0.717, 1.165) is 5.56 Å². The van der Waals surface area contributed by atoms with Gasteiger partial charge in [-0.2, -0.15) is 0 Å². The first-order valence-corrected chi connectivity index (χ1v) is 5.20. The van der Waals surface area contributed by atoms with Gasteiger partial charge in [0.1, 0.15) is 6.04 Å².